The van der Waals surface area contributed by atoms with E-state index in [1.807, 2.05) is 63.3 Å². The second-order valence-corrected chi connectivity index (χ2v) is 13.8. The first-order valence-electron chi connectivity index (χ1n) is 16.6. The first-order valence-corrected chi connectivity index (χ1v) is 19.1. The van der Waals surface area contributed by atoms with Crippen molar-refractivity contribution in [3.8, 4) is 17.6 Å². The maximum atomic E-state index is 13.7. The zero-order chi connectivity index (χ0) is 39.1. The number of nitrogens with one attached hydrogen (secondary N) is 1. The number of hydrogen-bond acceptors (Lipinski definition) is 7. The molecule has 11 heteroatoms. The Bertz CT molecular complexity index is 1730. The molecule has 2 aromatic carbocycles. The van der Waals surface area contributed by atoms with Gasteiger partial charge in [0.15, 0.2) is 0 Å². The van der Waals surface area contributed by atoms with E-state index in [2.05, 4.69) is 57.6 Å². The molecule has 0 saturated carbocycles. The van der Waals surface area contributed by atoms with E-state index in [1.54, 1.807) is 62.5 Å². The highest BCUT2D eigenvalue weighted by Crippen LogP contribution is 2.48. The normalized spacial score (nSPS) is 14.1. The Labute approximate surface area is 326 Å². The molecule has 0 bridgehead atoms. The number of halogens is 1. The Kier molecular flexibility index (Phi) is 22.3. The standard InChI is InChI=1S/C31H30BrN3O4S2.C4H8O.C4H6.C2H6/c1-3-4-5-6-10-23-12-14-26(40-23)31-35(22-9-7-8-21(18-22)29(33)37)30(38)27(41-31)19-28(36)34-16-15-20-11-13-25(39-2)24(32)17-20;1-4(2)5-3;1-3-4-2;1-2/h3-4,7-9,11-14,17-18,27,31H,5,15-16,19H2,1-2H3,(H2,33,37)(H,34,36);1H2,2-3H3;3-4H,1-2H2;1-2H3/b4-3-;;;. The lowest BCUT2D eigenvalue weighted by molar-refractivity contribution is -0.124. The van der Waals surface area contributed by atoms with Gasteiger partial charge in [0.1, 0.15) is 11.1 Å². The Morgan fingerprint density at radius 1 is 1.10 bits per heavy atom. The van der Waals surface area contributed by atoms with Gasteiger partial charge in [-0.05, 0) is 84.2 Å². The fourth-order valence-corrected chi connectivity index (χ4v) is 7.37. The van der Waals surface area contributed by atoms with Gasteiger partial charge in [0.25, 0.3) is 0 Å². The van der Waals surface area contributed by atoms with E-state index in [1.165, 1.54) is 23.1 Å². The number of methoxy groups -OCH3 is 2. The molecule has 8 nitrogen and oxygen atoms in total. The number of carbonyl (C=O) groups is 3. The van der Waals surface area contributed by atoms with E-state index in [9.17, 15) is 14.4 Å². The summed E-state index contributed by atoms with van der Waals surface area (Å²) in [6, 6.07) is 16.4. The number of allylic oxidation sites excluding steroid dienone is 5. The minimum atomic E-state index is -0.585. The summed E-state index contributed by atoms with van der Waals surface area (Å²) in [6.45, 7) is 18.4. The summed E-state index contributed by atoms with van der Waals surface area (Å²) in [5, 5.41) is 2.00. The summed E-state index contributed by atoms with van der Waals surface area (Å²) in [7, 11) is 3.21. The number of thioether (sulfide) groups is 1. The topological polar surface area (TPSA) is 111 Å². The molecule has 0 aliphatic carbocycles. The van der Waals surface area contributed by atoms with Crippen LogP contribution in [0.3, 0.4) is 0 Å². The number of nitrogens with zero attached hydrogens (tertiary/aromatic N) is 1. The number of carbonyl (C=O) groups excluding carboxylic acids is 3. The molecule has 2 heterocycles. The van der Waals surface area contributed by atoms with Crippen LogP contribution in [0.2, 0.25) is 0 Å². The molecule has 4 rings (SSSR count). The second-order valence-electron chi connectivity index (χ2n) is 10.5. The molecule has 1 aliphatic rings. The Hall–Kier alpha value is -4.50. The number of amides is 3. The van der Waals surface area contributed by atoms with Crippen molar-refractivity contribution in [3.05, 3.63) is 130 Å². The third-order valence-corrected chi connectivity index (χ3v) is 10.1. The number of nitrogens with two attached hydrogens (primary N) is 1. The maximum Gasteiger partial charge on any atom is 0.248 e. The molecule has 1 fully saturated rings. The van der Waals surface area contributed by atoms with Crippen LogP contribution in [0, 0.1) is 11.8 Å². The number of anilines is 1. The average molecular weight is 809 g/mol. The monoisotopic (exact) mass is 807 g/mol. The Balaban J connectivity index is 0.00000108. The Morgan fingerprint density at radius 2 is 1.79 bits per heavy atom. The zero-order valence-electron chi connectivity index (χ0n) is 30.9. The number of hydrogen-bond donors (Lipinski definition) is 2. The van der Waals surface area contributed by atoms with Gasteiger partial charge >= 0.3 is 0 Å². The molecule has 2 atom stereocenters. The molecule has 1 aliphatic heterocycles. The van der Waals surface area contributed by atoms with Crippen molar-refractivity contribution >= 4 is 62.4 Å². The molecule has 3 aromatic rings. The van der Waals surface area contributed by atoms with Crippen LogP contribution in [0.5, 0.6) is 5.75 Å². The smallest absolute Gasteiger partial charge is 0.248 e. The van der Waals surface area contributed by atoms with Gasteiger partial charge < -0.3 is 20.5 Å². The van der Waals surface area contributed by atoms with Crippen LogP contribution in [-0.4, -0.2) is 43.7 Å². The SMILES string of the molecule is C/C=C\CC#Cc1ccc(C2SC(CC(=O)NCCc3ccc(OC)c(Br)c3)C(=O)N2c2cccc(C(N)=O)c2)s1.C=C(C)OC.C=CC=C.CC. The van der Waals surface area contributed by atoms with E-state index in [-0.39, 0.29) is 23.6 Å². The molecule has 1 saturated heterocycles. The number of benzene rings is 2. The molecule has 2 unspecified atom stereocenters. The number of primary amides is 1. The summed E-state index contributed by atoms with van der Waals surface area (Å²) in [5.41, 5.74) is 7.43. The molecule has 278 valence electrons. The lowest BCUT2D eigenvalue weighted by Gasteiger charge is -2.23. The van der Waals surface area contributed by atoms with Crippen molar-refractivity contribution in [2.45, 2.75) is 57.6 Å². The number of ether oxygens (including phenoxy) is 2. The fourth-order valence-electron chi connectivity index (χ4n) is 4.27. The summed E-state index contributed by atoms with van der Waals surface area (Å²) < 4.78 is 10.7. The summed E-state index contributed by atoms with van der Waals surface area (Å²) in [4.78, 5) is 42.0. The summed E-state index contributed by atoms with van der Waals surface area (Å²) >= 11 is 6.43. The highest BCUT2D eigenvalue weighted by molar-refractivity contribution is 9.10. The minimum absolute atomic E-state index is 0.0414. The van der Waals surface area contributed by atoms with Crippen molar-refractivity contribution in [1.29, 1.82) is 0 Å². The van der Waals surface area contributed by atoms with Crippen LogP contribution in [0.4, 0.5) is 5.69 Å². The lowest BCUT2D eigenvalue weighted by atomic mass is 10.1. The van der Waals surface area contributed by atoms with Gasteiger partial charge in [-0.1, -0.05) is 81.9 Å². The lowest BCUT2D eigenvalue weighted by Crippen LogP contribution is -2.34. The van der Waals surface area contributed by atoms with Crippen molar-refractivity contribution < 1.29 is 23.9 Å². The van der Waals surface area contributed by atoms with Crippen LogP contribution >= 0.6 is 39.0 Å². The van der Waals surface area contributed by atoms with Crippen LogP contribution in [0.1, 0.15) is 71.6 Å². The van der Waals surface area contributed by atoms with Crippen molar-refractivity contribution in [2.75, 3.05) is 25.7 Å². The second kappa shape index (κ2) is 25.5. The summed E-state index contributed by atoms with van der Waals surface area (Å²) in [5.74, 6) is 6.84. The van der Waals surface area contributed by atoms with Crippen molar-refractivity contribution in [1.82, 2.24) is 5.32 Å². The van der Waals surface area contributed by atoms with Crippen LogP contribution in [0.25, 0.3) is 0 Å². The van der Waals surface area contributed by atoms with Gasteiger partial charge in [0, 0.05) is 35.5 Å². The average Bonchev–Trinajstić information content (AvgIpc) is 3.75. The minimum Gasteiger partial charge on any atom is -0.502 e. The van der Waals surface area contributed by atoms with Crippen LogP contribution in [0.15, 0.2) is 109 Å². The third kappa shape index (κ3) is 15.4. The largest absolute Gasteiger partial charge is 0.502 e. The molecular weight excluding hydrogens is 759 g/mol. The number of thiophene rings is 1. The van der Waals surface area contributed by atoms with E-state index in [0.29, 0.717) is 30.6 Å². The molecule has 3 N–H and O–H groups in total. The Morgan fingerprint density at radius 3 is 2.37 bits per heavy atom. The van der Waals surface area contributed by atoms with Crippen LogP contribution < -0.4 is 20.7 Å². The molecule has 1 aromatic heterocycles. The molecule has 0 radical (unpaired) electrons. The predicted molar refractivity (Wildman–Crippen MR) is 223 cm³/mol. The van der Waals surface area contributed by atoms with Gasteiger partial charge in [-0.25, -0.2) is 0 Å². The first kappa shape index (κ1) is 45.5. The van der Waals surface area contributed by atoms with Gasteiger partial charge in [-0.2, -0.15) is 0 Å². The molecule has 3 amide bonds. The van der Waals surface area contributed by atoms with E-state index >= 15 is 0 Å². The molecular formula is C41H50BrN3O5S2. The highest BCUT2D eigenvalue weighted by Gasteiger charge is 2.43. The third-order valence-electron chi connectivity index (χ3n) is 6.82. The van der Waals surface area contributed by atoms with Gasteiger partial charge in [0.2, 0.25) is 17.7 Å². The number of rotatable bonds is 12. The highest BCUT2D eigenvalue weighted by atomic mass is 79.9. The fraction of sp³-hybridized carbons (Fsp3) is 0.293. The molecule has 0 spiro atoms. The molecule has 52 heavy (non-hydrogen) atoms. The van der Waals surface area contributed by atoms with Crippen molar-refractivity contribution in [2.24, 2.45) is 5.73 Å². The maximum absolute atomic E-state index is 13.7. The van der Waals surface area contributed by atoms with E-state index < -0.39 is 11.2 Å². The van der Waals surface area contributed by atoms with Crippen molar-refractivity contribution in [3.63, 3.8) is 0 Å². The van der Waals surface area contributed by atoms with Crippen LogP contribution in [-0.2, 0) is 20.7 Å². The van der Waals surface area contributed by atoms with E-state index in [4.69, 9.17) is 10.5 Å². The quantitative estimate of drug-likeness (QED) is 0.0817. The first-order chi connectivity index (χ1) is 25.0. The van der Waals surface area contributed by atoms with Gasteiger partial charge in [-0.3, -0.25) is 19.3 Å². The van der Waals surface area contributed by atoms with Gasteiger partial charge in [-0.15, -0.1) is 23.1 Å². The zero-order valence-corrected chi connectivity index (χ0v) is 34.1. The summed E-state index contributed by atoms with van der Waals surface area (Å²) in [6.07, 6.45) is 8.58. The predicted octanol–water partition coefficient (Wildman–Crippen LogP) is 9.38. The van der Waals surface area contributed by atoms with E-state index in [0.717, 1.165) is 31.3 Å². The van der Waals surface area contributed by atoms with Gasteiger partial charge in [0.05, 0.1) is 34.6 Å².